The number of aryl methyl sites for hydroxylation is 2. The van der Waals surface area contributed by atoms with Crippen LogP contribution in [0.4, 0.5) is 11.4 Å². The summed E-state index contributed by atoms with van der Waals surface area (Å²) in [6.45, 7) is 6.73. The molecule has 3 heteroatoms. The van der Waals surface area contributed by atoms with Gasteiger partial charge in [-0.1, -0.05) is 18.2 Å². The van der Waals surface area contributed by atoms with E-state index >= 15 is 0 Å². The van der Waals surface area contributed by atoms with Crippen LogP contribution < -0.4 is 4.90 Å². The third kappa shape index (κ3) is 2.58. The van der Waals surface area contributed by atoms with E-state index < -0.39 is 0 Å². The maximum atomic E-state index is 9.36. The van der Waals surface area contributed by atoms with E-state index in [2.05, 4.69) is 35.0 Å². The van der Waals surface area contributed by atoms with Gasteiger partial charge in [0.05, 0.1) is 16.9 Å². The van der Waals surface area contributed by atoms with E-state index in [-0.39, 0.29) is 0 Å². The molecular formula is C16H17N3. The van der Waals surface area contributed by atoms with E-state index in [1.807, 2.05) is 38.1 Å². The molecule has 0 spiro atoms. The standard InChI is InChI=1S/C16H17N3/c1-4-19(14-8-6-5-7-9-14)16-10-12(2)18-13(3)15(16)11-17/h5-10H,4H2,1-3H3. The minimum absolute atomic E-state index is 0.649. The predicted molar refractivity (Wildman–Crippen MR) is 77.5 cm³/mol. The monoisotopic (exact) mass is 251 g/mol. The van der Waals surface area contributed by atoms with Crippen molar-refractivity contribution in [3.8, 4) is 6.07 Å². The van der Waals surface area contributed by atoms with E-state index in [1.165, 1.54) is 0 Å². The van der Waals surface area contributed by atoms with E-state index in [4.69, 9.17) is 0 Å². The zero-order chi connectivity index (χ0) is 13.8. The Hall–Kier alpha value is -2.34. The van der Waals surface area contributed by atoms with E-state index in [1.54, 1.807) is 0 Å². The zero-order valence-electron chi connectivity index (χ0n) is 11.5. The molecule has 0 saturated heterocycles. The molecule has 0 fully saturated rings. The summed E-state index contributed by atoms with van der Waals surface area (Å²) in [4.78, 5) is 6.51. The highest BCUT2D eigenvalue weighted by molar-refractivity contribution is 5.70. The van der Waals surface area contributed by atoms with Crippen molar-refractivity contribution < 1.29 is 0 Å². The van der Waals surface area contributed by atoms with Gasteiger partial charge in [0.1, 0.15) is 6.07 Å². The number of hydrogen-bond acceptors (Lipinski definition) is 3. The number of rotatable bonds is 3. The predicted octanol–water partition coefficient (Wildman–Crippen LogP) is 3.73. The molecule has 0 bridgehead atoms. The molecule has 1 aromatic carbocycles. The van der Waals surface area contributed by atoms with Crippen molar-refractivity contribution in [1.29, 1.82) is 5.26 Å². The normalized spacial score (nSPS) is 10.0. The van der Waals surface area contributed by atoms with Crippen LogP contribution in [0.2, 0.25) is 0 Å². The second-order valence-corrected chi connectivity index (χ2v) is 4.43. The lowest BCUT2D eigenvalue weighted by atomic mass is 10.1. The second-order valence-electron chi connectivity index (χ2n) is 4.43. The molecule has 0 aliphatic rings. The molecule has 3 nitrogen and oxygen atoms in total. The molecule has 2 aromatic rings. The van der Waals surface area contributed by atoms with Crippen LogP contribution >= 0.6 is 0 Å². The van der Waals surface area contributed by atoms with E-state index in [9.17, 15) is 5.26 Å². The van der Waals surface area contributed by atoms with Crippen LogP contribution in [-0.4, -0.2) is 11.5 Å². The van der Waals surface area contributed by atoms with Crippen LogP contribution in [0.5, 0.6) is 0 Å². The second kappa shape index (κ2) is 5.53. The highest BCUT2D eigenvalue weighted by Gasteiger charge is 2.15. The Morgan fingerprint density at radius 1 is 1.21 bits per heavy atom. The van der Waals surface area contributed by atoms with Crippen molar-refractivity contribution in [3.05, 3.63) is 53.3 Å². The SMILES string of the molecule is CCN(c1ccccc1)c1cc(C)nc(C)c1C#N. The summed E-state index contributed by atoms with van der Waals surface area (Å²) in [5.41, 5.74) is 4.39. The molecule has 0 N–H and O–H groups in total. The summed E-state index contributed by atoms with van der Waals surface area (Å²) in [5, 5.41) is 9.36. The largest absolute Gasteiger partial charge is 0.341 e. The topological polar surface area (TPSA) is 39.9 Å². The molecule has 1 heterocycles. The van der Waals surface area contributed by atoms with Gasteiger partial charge in [-0.05, 0) is 39.0 Å². The van der Waals surface area contributed by atoms with Gasteiger partial charge in [-0.25, -0.2) is 0 Å². The van der Waals surface area contributed by atoms with Crippen LogP contribution in [0.3, 0.4) is 0 Å². The first kappa shape index (κ1) is 13.1. The Bertz CT molecular complexity index is 612. The Labute approximate surface area is 114 Å². The van der Waals surface area contributed by atoms with Gasteiger partial charge in [-0.2, -0.15) is 5.26 Å². The summed E-state index contributed by atoms with van der Waals surface area (Å²) in [6, 6.07) is 14.3. The number of nitrogens with zero attached hydrogens (tertiary/aromatic N) is 3. The van der Waals surface area contributed by atoms with Crippen LogP contribution in [0.25, 0.3) is 0 Å². The maximum Gasteiger partial charge on any atom is 0.103 e. The van der Waals surface area contributed by atoms with Gasteiger partial charge < -0.3 is 4.90 Å². The van der Waals surface area contributed by atoms with Crippen molar-refractivity contribution in [3.63, 3.8) is 0 Å². The van der Waals surface area contributed by atoms with Crippen LogP contribution in [0.1, 0.15) is 23.9 Å². The van der Waals surface area contributed by atoms with Gasteiger partial charge >= 0.3 is 0 Å². The molecule has 0 unspecified atom stereocenters. The van der Waals surface area contributed by atoms with Crippen LogP contribution in [-0.2, 0) is 0 Å². The van der Waals surface area contributed by atoms with Crippen molar-refractivity contribution in [2.75, 3.05) is 11.4 Å². The van der Waals surface area contributed by atoms with Gasteiger partial charge in [-0.3, -0.25) is 4.98 Å². The first-order chi connectivity index (χ1) is 9.17. The fraction of sp³-hybridized carbons (Fsp3) is 0.250. The summed E-state index contributed by atoms with van der Waals surface area (Å²) < 4.78 is 0. The van der Waals surface area contributed by atoms with Gasteiger partial charge in [0.2, 0.25) is 0 Å². The Morgan fingerprint density at radius 3 is 2.47 bits per heavy atom. The number of para-hydroxylation sites is 1. The molecule has 0 saturated carbocycles. The van der Waals surface area contributed by atoms with E-state index in [0.717, 1.165) is 29.3 Å². The van der Waals surface area contributed by atoms with E-state index in [0.29, 0.717) is 5.56 Å². The molecule has 2 rings (SSSR count). The number of aromatic nitrogens is 1. The number of hydrogen-bond donors (Lipinski definition) is 0. The molecule has 19 heavy (non-hydrogen) atoms. The maximum absolute atomic E-state index is 9.36. The first-order valence-corrected chi connectivity index (χ1v) is 6.38. The molecule has 0 aliphatic carbocycles. The summed E-state index contributed by atoms with van der Waals surface area (Å²) in [7, 11) is 0. The molecule has 0 aliphatic heterocycles. The minimum Gasteiger partial charge on any atom is -0.341 e. The first-order valence-electron chi connectivity index (χ1n) is 6.38. The van der Waals surface area contributed by atoms with Crippen molar-refractivity contribution in [2.24, 2.45) is 0 Å². The lowest BCUT2D eigenvalue weighted by molar-refractivity contribution is 0.998. The fourth-order valence-electron chi connectivity index (χ4n) is 2.26. The molecule has 0 radical (unpaired) electrons. The number of benzene rings is 1. The molecule has 0 atom stereocenters. The van der Waals surface area contributed by atoms with Gasteiger partial charge in [-0.15, -0.1) is 0 Å². The lowest BCUT2D eigenvalue weighted by Crippen LogP contribution is -2.18. The zero-order valence-corrected chi connectivity index (χ0v) is 11.5. The van der Waals surface area contributed by atoms with Crippen molar-refractivity contribution in [1.82, 2.24) is 4.98 Å². The summed E-state index contributed by atoms with van der Waals surface area (Å²) >= 11 is 0. The smallest absolute Gasteiger partial charge is 0.103 e. The van der Waals surface area contributed by atoms with Gasteiger partial charge in [0.25, 0.3) is 0 Å². The van der Waals surface area contributed by atoms with Gasteiger partial charge in [0, 0.05) is 17.9 Å². The third-order valence-corrected chi connectivity index (χ3v) is 3.09. The fourth-order valence-corrected chi connectivity index (χ4v) is 2.26. The number of nitriles is 1. The minimum atomic E-state index is 0.649. The van der Waals surface area contributed by atoms with Gasteiger partial charge in [0.15, 0.2) is 0 Å². The summed E-state index contributed by atoms with van der Waals surface area (Å²) in [6.07, 6.45) is 0. The molecular weight excluding hydrogens is 234 g/mol. The average Bonchev–Trinajstić information content (AvgIpc) is 2.40. The summed E-state index contributed by atoms with van der Waals surface area (Å²) in [5.74, 6) is 0. The quantitative estimate of drug-likeness (QED) is 0.834. The van der Waals surface area contributed by atoms with Crippen LogP contribution in [0, 0.1) is 25.2 Å². The van der Waals surface area contributed by atoms with Crippen molar-refractivity contribution in [2.45, 2.75) is 20.8 Å². The lowest BCUT2D eigenvalue weighted by Gasteiger charge is -2.25. The highest BCUT2D eigenvalue weighted by atomic mass is 15.1. The Balaban J connectivity index is 2.59. The number of pyridine rings is 1. The Morgan fingerprint density at radius 2 is 1.89 bits per heavy atom. The highest BCUT2D eigenvalue weighted by Crippen LogP contribution is 2.29. The third-order valence-electron chi connectivity index (χ3n) is 3.09. The molecule has 1 aromatic heterocycles. The van der Waals surface area contributed by atoms with Crippen molar-refractivity contribution >= 4 is 11.4 Å². The molecule has 96 valence electrons. The van der Waals surface area contributed by atoms with Crippen LogP contribution in [0.15, 0.2) is 36.4 Å². The Kier molecular flexibility index (Phi) is 3.82. The molecule has 0 amide bonds. The number of anilines is 2. The average molecular weight is 251 g/mol.